The molecule has 0 bridgehead atoms. The minimum atomic E-state index is -0.944. The van der Waals surface area contributed by atoms with E-state index in [1.54, 1.807) is 6.92 Å². The highest BCUT2D eigenvalue weighted by Gasteiger charge is 2.26. The van der Waals surface area contributed by atoms with Crippen molar-refractivity contribution in [3.05, 3.63) is 0 Å². The lowest BCUT2D eigenvalue weighted by Crippen LogP contribution is -2.44. The SMILES string of the molecule is CC[C@H](C)C(=O)O[C@H](CC(=O)O)C[N+](C)(C)C. The number of quaternary nitrogens is 1. The maximum absolute atomic E-state index is 11.6. The van der Waals surface area contributed by atoms with Crippen LogP contribution in [0.4, 0.5) is 0 Å². The number of aliphatic carboxylic acids is 1. The minimum Gasteiger partial charge on any atom is -0.481 e. The van der Waals surface area contributed by atoms with Crippen LogP contribution >= 0.6 is 0 Å². The van der Waals surface area contributed by atoms with Gasteiger partial charge >= 0.3 is 11.9 Å². The summed E-state index contributed by atoms with van der Waals surface area (Å²) in [4.78, 5) is 22.3. The molecule has 0 amide bonds. The third-order valence-corrected chi connectivity index (χ3v) is 2.45. The van der Waals surface area contributed by atoms with E-state index in [0.717, 1.165) is 0 Å². The second-order valence-corrected chi connectivity index (χ2v) is 5.44. The highest BCUT2D eigenvalue weighted by atomic mass is 16.5. The molecule has 0 saturated carbocycles. The van der Waals surface area contributed by atoms with Crippen molar-refractivity contribution in [1.82, 2.24) is 0 Å². The van der Waals surface area contributed by atoms with Gasteiger partial charge in [0.25, 0.3) is 0 Å². The second kappa shape index (κ2) is 6.59. The van der Waals surface area contributed by atoms with Crippen LogP contribution in [0.1, 0.15) is 26.7 Å². The molecule has 0 fully saturated rings. The van der Waals surface area contributed by atoms with E-state index in [1.807, 2.05) is 28.1 Å². The Morgan fingerprint density at radius 3 is 2.18 bits per heavy atom. The van der Waals surface area contributed by atoms with Crippen molar-refractivity contribution in [2.24, 2.45) is 5.92 Å². The van der Waals surface area contributed by atoms with E-state index in [4.69, 9.17) is 9.84 Å². The van der Waals surface area contributed by atoms with Crippen LogP contribution in [-0.2, 0) is 14.3 Å². The molecule has 0 unspecified atom stereocenters. The summed E-state index contributed by atoms with van der Waals surface area (Å²) in [5.41, 5.74) is 0. The maximum Gasteiger partial charge on any atom is 0.309 e. The molecule has 0 spiro atoms. The van der Waals surface area contributed by atoms with E-state index < -0.39 is 12.1 Å². The van der Waals surface area contributed by atoms with Crippen LogP contribution in [0.2, 0.25) is 0 Å². The number of carboxylic acid groups (broad SMARTS) is 1. The fraction of sp³-hybridized carbons (Fsp3) is 0.833. The molecule has 0 radical (unpaired) electrons. The first-order valence-corrected chi connectivity index (χ1v) is 5.88. The average molecular weight is 246 g/mol. The zero-order valence-corrected chi connectivity index (χ0v) is 11.4. The number of rotatable bonds is 7. The van der Waals surface area contributed by atoms with E-state index in [2.05, 4.69) is 0 Å². The van der Waals surface area contributed by atoms with Gasteiger partial charge in [0.15, 0.2) is 6.10 Å². The monoisotopic (exact) mass is 246 g/mol. The van der Waals surface area contributed by atoms with Gasteiger partial charge in [0, 0.05) is 0 Å². The number of carbonyl (C=O) groups is 2. The average Bonchev–Trinajstić information content (AvgIpc) is 2.12. The molecule has 1 N–H and O–H groups in total. The maximum atomic E-state index is 11.6. The Balaban J connectivity index is 4.48. The lowest BCUT2D eigenvalue weighted by atomic mass is 10.1. The van der Waals surface area contributed by atoms with Crippen molar-refractivity contribution >= 4 is 11.9 Å². The highest BCUT2D eigenvalue weighted by Crippen LogP contribution is 2.10. The molecule has 0 rings (SSSR count). The summed E-state index contributed by atoms with van der Waals surface area (Å²) in [6, 6.07) is 0. The smallest absolute Gasteiger partial charge is 0.309 e. The number of likely N-dealkylation sites (N-methyl/N-ethyl adjacent to an activating group) is 1. The van der Waals surface area contributed by atoms with Crippen molar-refractivity contribution in [2.45, 2.75) is 32.8 Å². The number of ether oxygens (including phenoxy) is 1. The van der Waals surface area contributed by atoms with E-state index in [9.17, 15) is 9.59 Å². The van der Waals surface area contributed by atoms with Gasteiger partial charge in [-0.15, -0.1) is 0 Å². The molecule has 0 aromatic rings. The number of hydrogen-bond donors (Lipinski definition) is 1. The van der Waals surface area contributed by atoms with Crippen LogP contribution in [0.3, 0.4) is 0 Å². The third-order valence-electron chi connectivity index (χ3n) is 2.45. The zero-order chi connectivity index (χ0) is 13.6. The molecule has 0 aliphatic rings. The van der Waals surface area contributed by atoms with Gasteiger partial charge in [-0.3, -0.25) is 9.59 Å². The fourth-order valence-electron chi connectivity index (χ4n) is 1.40. The van der Waals surface area contributed by atoms with Gasteiger partial charge in [0.05, 0.1) is 33.5 Å². The molecule has 0 aliphatic carbocycles. The predicted octanol–water partition coefficient (Wildman–Crippen LogP) is 1.13. The summed E-state index contributed by atoms with van der Waals surface area (Å²) in [7, 11) is 5.81. The molecular formula is C12H24NO4+. The first kappa shape index (κ1) is 15.9. The van der Waals surface area contributed by atoms with E-state index in [0.29, 0.717) is 17.4 Å². The number of nitrogens with zero attached hydrogens (tertiary/aromatic N) is 1. The lowest BCUT2D eigenvalue weighted by molar-refractivity contribution is -0.873. The molecule has 0 aromatic heterocycles. The standard InChI is InChI=1S/C12H23NO4/c1-6-9(2)12(16)17-10(7-11(14)15)8-13(3,4)5/h9-10H,6-8H2,1-5H3/p+1/t9-,10+/m0/s1. The van der Waals surface area contributed by atoms with Crippen LogP contribution < -0.4 is 0 Å². The Morgan fingerprint density at radius 1 is 1.29 bits per heavy atom. The van der Waals surface area contributed by atoms with Crippen LogP contribution in [0.25, 0.3) is 0 Å². The fourth-order valence-corrected chi connectivity index (χ4v) is 1.40. The van der Waals surface area contributed by atoms with E-state index in [-0.39, 0.29) is 18.3 Å². The summed E-state index contributed by atoms with van der Waals surface area (Å²) < 4.78 is 5.82. The molecule has 100 valence electrons. The van der Waals surface area contributed by atoms with Crippen molar-refractivity contribution in [1.29, 1.82) is 0 Å². The minimum absolute atomic E-state index is 0.141. The molecule has 17 heavy (non-hydrogen) atoms. The molecular weight excluding hydrogens is 222 g/mol. The summed E-state index contributed by atoms with van der Waals surface area (Å²) in [5.74, 6) is -1.44. The van der Waals surface area contributed by atoms with Crippen molar-refractivity contribution < 1.29 is 23.9 Å². The van der Waals surface area contributed by atoms with Crippen LogP contribution in [0.15, 0.2) is 0 Å². The number of carbonyl (C=O) groups excluding carboxylic acids is 1. The second-order valence-electron chi connectivity index (χ2n) is 5.44. The molecule has 2 atom stereocenters. The highest BCUT2D eigenvalue weighted by molar-refractivity contribution is 5.73. The quantitative estimate of drug-likeness (QED) is 0.540. The molecule has 0 aromatic carbocycles. The number of hydrogen-bond acceptors (Lipinski definition) is 3. The topological polar surface area (TPSA) is 63.6 Å². The van der Waals surface area contributed by atoms with Crippen molar-refractivity contribution in [2.75, 3.05) is 27.7 Å². The van der Waals surface area contributed by atoms with Gasteiger partial charge in [-0.25, -0.2) is 0 Å². The Labute approximate surface area is 103 Å². The van der Waals surface area contributed by atoms with Crippen molar-refractivity contribution in [3.63, 3.8) is 0 Å². The molecule has 5 heteroatoms. The number of carboxylic acids is 1. The normalized spacial score (nSPS) is 15.1. The summed E-state index contributed by atoms with van der Waals surface area (Å²) in [5, 5.41) is 8.79. The molecule has 0 heterocycles. The van der Waals surface area contributed by atoms with E-state index >= 15 is 0 Å². The lowest BCUT2D eigenvalue weighted by Gasteiger charge is -2.28. The first-order valence-electron chi connectivity index (χ1n) is 5.88. The van der Waals surface area contributed by atoms with Gasteiger partial charge in [-0.05, 0) is 6.42 Å². The summed E-state index contributed by atoms with van der Waals surface area (Å²) >= 11 is 0. The van der Waals surface area contributed by atoms with Crippen LogP contribution in [-0.4, -0.2) is 55.3 Å². The Bertz CT molecular complexity index is 270. The van der Waals surface area contributed by atoms with Gasteiger partial charge in [-0.2, -0.15) is 0 Å². The zero-order valence-electron chi connectivity index (χ0n) is 11.4. The summed E-state index contributed by atoms with van der Waals surface area (Å²) in [6.07, 6.45) is -0.00487. The summed E-state index contributed by atoms with van der Waals surface area (Å²) in [6.45, 7) is 4.18. The molecule has 0 aliphatic heterocycles. The van der Waals surface area contributed by atoms with Gasteiger partial charge in [0.2, 0.25) is 0 Å². The van der Waals surface area contributed by atoms with Crippen molar-refractivity contribution in [3.8, 4) is 0 Å². The first-order chi connectivity index (χ1) is 7.65. The Morgan fingerprint density at radius 2 is 1.82 bits per heavy atom. The van der Waals surface area contributed by atoms with Gasteiger partial charge < -0.3 is 14.3 Å². The third kappa shape index (κ3) is 7.74. The van der Waals surface area contributed by atoms with Gasteiger partial charge in [-0.1, -0.05) is 13.8 Å². The van der Waals surface area contributed by atoms with Crippen LogP contribution in [0, 0.1) is 5.92 Å². The number of esters is 1. The largest absolute Gasteiger partial charge is 0.481 e. The molecule has 0 saturated heterocycles. The van der Waals surface area contributed by atoms with E-state index in [1.165, 1.54) is 0 Å². The Hall–Kier alpha value is -1.10. The molecule has 5 nitrogen and oxygen atoms in total. The predicted molar refractivity (Wildman–Crippen MR) is 64.5 cm³/mol. The van der Waals surface area contributed by atoms with Gasteiger partial charge in [0.1, 0.15) is 6.54 Å². The Kier molecular flexibility index (Phi) is 6.16. The van der Waals surface area contributed by atoms with Crippen LogP contribution in [0.5, 0.6) is 0 Å².